The Bertz CT molecular complexity index is 3690. The summed E-state index contributed by atoms with van der Waals surface area (Å²) in [4.78, 5) is 0. The topological polar surface area (TPSA) is 57.4 Å². The Labute approximate surface area is 407 Å². The van der Waals surface area contributed by atoms with Gasteiger partial charge in [0.2, 0.25) is 0 Å². The second-order valence-corrected chi connectivity index (χ2v) is 18.7. The molecule has 4 nitrogen and oxygen atoms in total. The molecular formula is C66H46N4. The lowest BCUT2D eigenvalue weighted by Crippen LogP contribution is -2.05. The normalized spacial score (nSPS) is 11.4. The molecule has 0 amide bonds. The van der Waals surface area contributed by atoms with Gasteiger partial charge >= 0.3 is 0 Å². The Balaban J connectivity index is 1.18. The van der Waals surface area contributed by atoms with Crippen molar-refractivity contribution in [2.45, 2.75) is 27.7 Å². The van der Waals surface area contributed by atoms with E-state index in [2.05, 4.69) is 231 Å². The highest BCUT2D eigenvalue weighted by atomic mass is 15.0. The van der Waals surface area contributed by atoms with Gasteiger partial charge in [-0.25, -0.2) is 0 Å². The minimum absolute atomic E-state index is 0.520. The highest BCUT2D eigenvalue weighted by Gasteiger charge is 2.24. The fraction of sp³-hybridized carbons (Fsp3) is 0.0606. The van der Waals surface area contributed by atoms with Gasteiger partial charge in [-0.1, -0.05) is 162 Å². The molecule has 0 saturated heterocycles. The van der Waals surface area contributed by atoms with Crippen molar-refractivity contribution in [1.82, 2.24) is 9.13 Å². The molecule has 0 fully saturated rings. The monoisotopic (exact) mass is 894 g/mol. The average Bonchev–Trinajstić information content (AvgIpc) is 3.90. The first kappa shape index (κ1) is 42.2. The lowest BCUT2D eigenvalue weighted by molar-refractivity contribution is 1.12. The van der Waals surface area contributed by atoms with Crippen molar-refractivity contribution in [2.75, 3.05) is 0 Å². The largest absolute Gasteiger partial charge is 0.308 e. The number of aryl methyl sites for hydroxylation is 4. The molecule has 0 radical (unpaired) electrons. The molecule has 0 atom stereocenters. The molecule has 12 aromatic rings. The summed E-state index contributed by atoms with van der Waals surface area (Å²) in [6.07, 6.45) is 0. The van der Waals surface area contributed by atoms with Crippen molar-refractivity contribution in [3.63, 3.8) is 0 Å². The third-order valence-electron chi connectivity index (χ3n) is 14.1. The first-order valence-corrected chi connectivity index (χ1v) is 23.8. The van der Waals surface area contributed by atoms with Crippen molar-refractivity contribution in [3.8, 4) is 79.1 Å². The number of rotatable bonds is 7. The Morgan fingerprint density at radius 1 is 0.300 bits per heavy atom. The Morgan fingerprint density at radius 3 is 0.900 bits per heavy atom. The smallest absolute Gasteiger partial charge is 0.104 e. The predicted octanol–water partition coefficient (Wildman–Crippen LogP) is 17.2. The van der Waals surface area contributed by atoms with E-state index in [0.717, 1.165) is 111 Å². The summed E-state index contributed by atoms with van der Waals surface area (Å²) in [6, 6.07) is 78.7. The third kappa shape index (κ3) is 7.14. The van der Waals surface area contributed by atoms with Crippen molar-refractivity contribution in [2.24, 2.45) is 0 Å². The predicted molar refractivity (Wildman–Crippen MR) is 291 cm³/mol. The van der Waals surface area contributed by atoms with Crippen LogP contribution in [0.1, 0.15) is 33.4 Å². The SMILES string of the molecule is Cc1ccc(-c2ccc3c(c2)c2cc(-c4ccc(C)cc4)ccc2n3-c2cc(-c3ccccc3C#N)cc(-n3c4ccc(-c5ccc(C)cc5)cc4c4cc(-c5ccc(C)cc5)ccc43)c2C#N)cc1. The van der Waals surface area contributed by atoms with Crippen molar-refractivity contribution >= 4 is 43.6 Å². The van der Waals surface area contributed by atoms with Crippen LogP contribution in [0.5, 0.6) is 0 Å². The van der Waals surface area contributed by atoms with E-state index in [9.17, 15) is 10.5 Å². The number of hydrogen-bond donors (Lipinski definition) is 0. The Kier molecular flexibility index (Phi) is 10.1. The van der Waals surface area contributed by atoms with Crippen molar-refractivity contribution in [3.05, 3.63) is 240 Å². The number of hydrogen-bond acceptors (Lipinski definition) is 2. The molecule has 12 rings (SSSR count). The molecule has 0 aliphatic heterocycles. The fourth-order valence-electron chi connectivity index (χ4n) is 10.3. The number of aromatic nitrogens is 2. The van der Waals surface area contributed by atoms with E-state index in [-0.39, 0.29) is 0 Å². The van der Waals surface area contributed by atoms with Crippen LogP contribution >= 0.6 is 0 Å². The van der Waals surface area contributed by atoms with Gasteiger partial charge in [0.05, 0.1) is 45.1 Å². The van der Waals surface area contributed by atoms with Crippen LogP contribution in [-0.2, 0) is 0 Å². The molecule has 0 N–H and O–H groups in total. The second kappa shape index (κ2) is 16.8. The fourth-order valence-corrected chi connectivity index (χ4v) is 10.3. The molecule has 4 heteroatoms. The van der Waals surface area contributed by atoms with Crippen LogP contribution in [0.2, 0.25) is 0 Å². The van der Waals surface area contributed by atoms with Crippen LogP contribution in [0.25, 0.3) is 111 Å². The molecule has 0 spiro atoms. The molecule has 70 heavy (non-hydrogen) atoms. The van der Waals surface area contributed by atoms with Gasteiger partial charge in [-0.3, -0.25) is 0 Å². The molecule has 10 aromatic carbocycles. The summed E-state index contributed by atoms with van der Waals surface area (Å²) in [6.45, 7) is 8.45. The van der Waals surface area contributed by atoms with E-state index in [0.29, 0.717) is 11.1 Å². The first-order valence-electron chi connectivity index (χ1n) is 23.8. The van der Waals surface area contributed by atoms with Gasteiger partial charge < -0.3 is 9.13 Å². The first-order chi connectivity index (χ1) is 34.2. The maximum absolute atomic E-state index is 11.8. The molecular weight excluding hydrogens is 849 g/mol. The van der Waals surface area contributed by atoms with E-state index in [1.165, 1.54) is 22.3 Å². The Hall–Kier alpha value is -9.22. The van der Waals surface area contributed by atoms with Gasteiger partial charge in [-0.15, -0.1) is 0 Å². The zero-order chi connectivity index (χ0) is 47.6. The van der Waals surface area contributed by atoms with Crippen LogP contribution in [-0.4, -0.2) is 9.13 Å². The standard InChI is InChI=1S/C66H46N4/c1-41-9-17-45(18-10-41)49-25-29-61-56(33-49)57-34-50(46-19-11-42(2)12-20-46)26-30-62(57)69(61)65-37-54(55-8-6-5-7-53(55)39-67)38-66(60(65)40-68)70-63-31-27-51(47-21-13-43(3)14-22-47)35-58(63)59-36-52(28-32-64(59)70)48-23-15-44(4)16-24-48/h5-38H,1-4H3. The molecule has 0 aliphatic carbocycles. The maximum Gasteiger partial charge on any atom is 0.104 e. The van der Waals surface area contributed by atoms with Crippen molar-refractivity contribution in [1.29, 1.82) is 10.5 Å². The van der Waals surface area contributed by atoms with E-state index in [1.54, 1.807) is 0 Å². The summed E-state index contributed by atoms with van der Waals surface area (Å²) < 4.78 is 4.53. The van der Waals surface area contributed by atoms with Gasteiger partial charge in [-0.05, 0) is 150 Å². The van der Waals surface area contributed by atoms with Crippen LogP contribution in [0.3, 0.4) is 0 Å². The van der Waals surface area contributed by atoms with Crippen LogP contribution < -0.4 is 0 Å². The Morgan fingerprint density at radius 2 is 0.600 bits per heavy atom. The van der Waals surface area contributed by atoms with Crippen molar-refractivity contribution < 1.29 is 0 Å². The van der Waals surface area contributed by atoms with E-state index in [4.69, 9.17) is 0 Å². The molecule has 2 heterocycles. The minimum atomic E-state index is 0.520. The molecule has 330 valence electrons. The van der Waals surface area contributed by atoms with Crippen LogP contribution in [0.15, 0.2) is 206 Å². The lowest BCUT2D eigenvalue weighted by atomic mass is 9.96. The van der Waals surface area contributed by atoms with Gasteiger partial charge in [0, 0.05) is 21.5 Å². The lowest BCUT2D eigenvalue weighted by Gasteiger charge is -2.19. The number of fused-ring (bicyclic) bond motifs is 6. The molecule has 0 unspecified atom stereocenters. The van der Waals surface area contributed by atoms with E-state index < -0.39 is 0 Å². The van der Waals surface area contributed by atoms with Gasteiger partial charge in [-0.2, -0.15) is 10.5 Å². The quantitative estimate of drug-likeness (QED) is 0.160. The zero-order valence-corrected chi connectivity index (χ0v) is 39.4. The van der Waals surface area contributed by atoms with E-state index in [1.807, 2.05) is 24.3 Å². The van der Waals surface area contributed by atoms with Crippen LogP contribution in [0, 0.1) is 50.4 Å². The highest BCUT2D eigenvalue weighted by Crippen LogP contribution is 2.44. The summed E-state index contributed by atoms with van der Waals surface area (Å²) in [7, 11) is 0. The minimum Gasteiger partial charge on any atom is -0.308 e. The summed E-state index contributed by atoms with van der Waals surface area (Å²) in [5.41, 5.74) is 22.0. The average molecular weight is 895 g/mol. The second-order valence-electron chi connectivity index (χ2n) is 18.7. The van der Waals surface area contributed by atoms with Crippen LogP contribution in [0.4, 0.5) is 0 Å². The molecule has 0 saturated carbocycles. The number of nitrogens with zero attached hydrogens (tertiary/aromatic N) is 4. The summed E-state index contributed by atoms with van der Waals surface area (Å²) in [5.74, 6) is 0. The highest BCUT2D eigenvalue weighted by molar-refractivity contribution is 6.14. The molecule has 2 aromatic heterocycles. The molecule has 0 aliphatic rings. The third-order valence-corrected chi connectivity index (χ3v) is 14.1. The maximum atomic E-state index is 11.8. The van der Waals surface area contributed by atoms with E-state index >= 15 is 0 Å². The zero-order valence-electron chi connectivity index (χ0n) is 39.4. The number of nitriles is 2. The number of benzene rings is 10. The van der Waals surface area contributed by atoms with Gasteiger partial charge in [0.1, 0.15) is 11.6 Å². The summed E-state index contributed by atoms with van der Waals surface area (Å²) in [5, 5.41) is 26.7. The molecule has 0 bridgehead atoms. The van der Waals surface area contributed by atoms with Gasteiger partial charge in [0.25, 0.3) is 0 Å². The van der Waals surface area contributed by atoms with Gasteiger partial charge in [0.15, 0.2) is 0 Å². The summed E-state index contributed by atoms with van der Waals surface area (Å²) >= 11 is 0.